The van der Waals surface area contributed by atoms with Crippen LogP contribution in [0.25, 0.3) is 0 Å². The molecular formula is C16H32N2O2. The van der Waals surface area contributed by atoms with Crippen LogP contribution in [0.15, 0.2) is 0 Å². The molecule has 1 aliphatic rings. The third-order valence-corrected chi connectivity index (χ3v) is 3.87. The monoisotopic (exact) mass is 284 g/mol. The van der Waals surface area contributed by atoms with Crippen LogP contribution in [0.4, 0.5) is 0 Å². The van der Waals surface area contributed by atoms with E-state index in [2.05, 4.69) is 38.0 Å². The van der Waals surface area contributed by atoms with E-state index < -0.39 is 5.54 Å². The summed E-state index contributed by atoms with van der Waals surface area (Å²) in [5.41, 5.74) is -0.521. The maximum atomic E-state index is 12.6. The minimum absolute atomic E-state index is 0.0699. The van der Waals surface area contributed by atoms with Crippen LogP contribution >= 0.6 is 0 Å². The highest BCUT2D eigenvalue weighted by Gasteiger charge is 2.52. The maximum Gasteiger partial charge on any atom is 0.327 e. The molecule has 0 aromatic heterocycles. The van der Waals surface area contributed by atoms with Crippen molar-refractivity contribution in [3.63, 3.8) is 0 Å². The minimum Gasteiger partial charge on any atom is -0.465 e. The van der Waals surface area contributed by atoms with E-state index in [1.54, 1.807) is 0 Å². The fourth-order valence-corrected chi connectivity index (χ4v) is 2.87. The van der Waals surface area contributed by atoms with Gasteiger partial charge in [-0.1, -0.05) is 13.3 Å². The van der Waals surface area contributed by atoms with Crippen LogP contribution in [0.3, 0.4) is 0 Å². The number of carbonyl (C=O) groups is 1. The second-order valence-corrected chi connectivity index (χ2v) is 6.36. The van der Waals surface area contributed by atoms with E-state index in [4.69, 9.17) is 4.74 Å². The molecule has 0 aromatic carbocycles. The molecular weight excluding hydrogens is 252 g/mol. The van der Waals surface area contributed by atoms with Crippen molar-refractivity contribution in [1.29, 1.82) is 0 Å². The van der Waals surface area contributed by atoms with Crippen molar-refractivity contribution < 1.29 is 9.53 Å². The van der Waals surface area contributed by atoms with Gasteiger partial charge in [-0.3, -0.25) is 5.32 Å². The molecule has 1 N–H and O–H groups in total. The smallest absolute Gasteiger partial charge is 0.327 e. The zero-order valence-corrected chi connectivity index (χ0v) is 13.9. The largest absolute Gasteiger partial charge is 0.465 e. The molecule has 0 amide bonds. The summed E-state index contributed by atoms with van der Waals surface area (Å²) in [4.78, 5) is 14.9. The second-order valence-electron chi connectivity index (χ2n) is 6.36. The molecule has 0 aromatic rings. The van der Waals surface area contributed by atoms with Gasteiger partial charge in [0.15, 0.2) is 0 Å². The fraction of sp³-hybridized carbons (Fsp3) is 0.938. The van der Waals surface area contributed by atoms with Gasteiger partial charge < -0.3 is 9.64 Å². The lowest BCUT2D eigenvalue weighted by molar-refractivity contribution is -0.153. The van der Waals surface area contributed by atoms with Crippen molar-refractivity contribution in [1.82, 2.24) is 10.2 Å². The normalized spacial score (nSPS) is 18.4. The Labute approximate surface area is 124 Å². The van der Waals surface area contributed by atoms with Crippen LogP contribution in [0.1, 0.15) is 53.4 Å². The van der Waals surface area contributed by atoms with Gasteiger partial charge in [-0.15, -0.1) is 0 Å². The number of rotatable bonds is 10. The third kappa shape index (κ3) is 4.74. The van der Waals surface area contributed by atoms with E-state index in [-0.39, 0.29) is 12.0 Å². The number of ether oxygens (including phenoxy) is 1. The van der Waals surface area contributed by atoms with E-state index in [1.807, 2.05) is 6.92 Å². The molecule has 0 radical (unpaired) electrons. The lowest BCUT2D eigenvalue weighted by atomic mass is 9.91. The number of likely N-dealkylation sites (N-methyl/N-ethyl adjacent to an activating group) is 1. The fourth-order valence-electron chi connectivity index (χ4n) is 2.87. The van der Waals surface area contributed by atoms with Gasteiger partial charge in [0.05, 0.1) is 6.61 Å². The molecule has 0 spiro atoms. The number of esters is 1. The highest BCUT2D eigenvalue weighted by molar-refractivity contribution is 5.82. The first kappa shape index (κ1) is 17.4. The Hall–Kier alpha value is -0.610. The van der Waals surface area contributed by atoms with Crippen LogP contribution in [-0.2, 0) is 9.53 Å². The standard InChI is InChI=1S/C16H32N2O2/c1-6-8-11-18(5)12-16(14-9-10-14,17-13(3)4)15(19)20-7-2/h13-14,17H,6-12H2,1-5H3. The first-order valence-corrected chi connectivity index (χ1v) is 8.09. The summed E-state index contributed by atoms with van der Waals surface area (Å²) < 4.78 is 5.39. The van der Waals surface area contributed by atoms with Gasteiger partial charge in [0.25, 0.3) is 0 Å². The first-order chi connectivity index (χ1) is 9.46. The Morgan fingerprint density at radius 3 is 2.50 bits per heavy atom. The molecule has 1 atom stereocenters. The molecule has 0 saturated heterocycles. The first-order valence-electron chi connectivity index (χ1n) is 8.09. The van der Waals surface area contributed by atoms with Gasteiger partial charge in [0.1, 0.15) is 5.54 Å². The molecule has 4 nitrogen and oxygen atoms in total. The zero-order chi connectivity index (χ0) is 15.2. The van der Waals surface area contributed by atoms with Gasteiger partial charge in [-0.05, 0) is 59.5 Å². The molecule has 0 aliphatic heterocycles. The Bertz CT molecular complexity index is 303. The summed E-state index contributed by atoms with van der Waals surface area (Å²) in [5, 5.41) is 3.53. The van der Waals surface area contributed by atoms with Crippen molar-refractivity contribution in [3.05, 3.63) is 0 Å². The zero-order valence-electron chi connectivity index (χ0n) is 13.9. The third-order valence-electron chi connectivity index (χ3n) is 3.87. The number of carbonyl (C=O) groups excluding carboxylic acids is 1. The SMILES string of the molecule is CCCCN(C)CC(NC(C)C)(C(=O)OCC)C1CC1. The molecule has 1 rings (SSSR count). The van der Waals surface area contributed by atoms with Crippen LogP contribution in [0.5, 0.6) is 0 Å². The van der Waals surface area contributed by atoms with Crippen molar-refractivity contribution in [3.8, 4) is 0 Å². The maximum absolute atomic E-state index is 12.6. The van der Waals surface area contributed by atoms with E-state index in [1.165, 1.54) is 12.8 Å². The van der Waals surface area contributed by atoms with E-state index in [9.17, 15) is 4.79 Å². The summed E-state index contributed by atoms with van der Waals surface area (Å²) >= 11 is 0. The van der Waals surface area contributed by atoms with Crippen molar-refractivity contribution in [2.75, 3.05) is 26.7 Å². The van der Waals surface area contributed by atoms with Gasteiger partial charge >= 0.3 is 5.97 Å². The molecule has 1 aliphatic carbocycles. The quantitative estimate of drug-likeness (QED) is 0.626. The van der Waals surface area contributed by atoms with Gasteiger partial charge in [0.2, 0.25) is 0 Å². The van der Waals surface area contributed by atoms with Crippen molar-refractivity contribution in [2.45, 2.75) is 65.0 Å². The van der Waals surface area contributed by atoms with Crippen LogP contribution in [0, 0.1) is 5.92 Å². The molecule has 118 valence electrons. The Morgan fingerprint density at radius 2 is 2.05 bits per heavy atom. The van der Waals surface area contributed by atoms with E-state index >= 15 is 0 Å². The van der Waals surface area contributed by atoms with Gasteiger partial charge in [-0.2, -0.15) is 0 Å². The van der Waals surface area contributed by atoms with Gasteiger partial charge in [0, 0.05) is 12.6 Å². The summed E-state index contributed by atoms with van der Waals surface area (Å²) in [6, 6.07) is 0.277. The topological polar surface area (TPSA) is 41.6 Å². The Morgan fingerprint density at radius 1 is 1.40 bits per heavy atom. The Balaban J connectivity index is 2.82. The van der Waals surface area contributed by atoms with Crippen LogP contribution in [-0.4, -0.2) is 49.2 Å². The van der Waals surface area contributed by atoms with E-state index in [0.717, 1.165) is 25.9 Å². The van der Waals surface area contributed by atoms with Gasteiger partial charge in [-0.25, -0.2) is 4.79 Å². The highest BCUT2D eigenvalue weighted by Crippen LogP contribution is 2.41. The molecule has 0 bridgehead atoms. The molecule has 1 unspecified atom stereocenters. The molecule has 0 heterocycles. The summed E-state index contributed by atoms with van der Waals surface area (Å²) in [6.07, 6.45) is 4.60. The van der Waals surface area contributed by atoms with Crippen LogP contribution in [0.2, 0.25) is 0 Å². The second kappa shape index (κ2) is 7.99. The van der Waals surface area contributed by atoms with Crippen LogP contribution < -0.4 is 5.32 Å². The average Bonchev–Trinajstić information content (AvgIpc) is 3.19. The lowest BCUT2D eigenvalue weighted by Crippen LogP contribution is -2.62. The summed E-state index contributed by atoms with van der Waals surface area (Å²) in [7, 11) is 2.11. The summed E-state index contributed by atoms with van der Waals surface area (Å²) in [6.45, 7) is 10.5. The Kier molecular flexibility index (Phi) is 6.96. The average molecular weight is 284 g/mol. The molecule has 1 fully saturated rings. The number of hydrogen-bond acceptors (Lipinski definition) is 4. The lowest BCUT2D eigenvalue weighted by Gasteiger charge is -2.37. The number of nitrogens with one attached hydrogen (secondary N) is 1. The summed E-state index contributed by atoms with van der Waals surface area (Å²) in [5.74, 6) is 0.354. The number of unbranched alkanes of at least 4 members (excludes halogenated alkanes) is 1. The number of nitrogens with zero attached hydrogens (tertiary/aromatic N) is 1. The van der Waals surface area contributed by atoms with E-state index in [0.29, 0.717) is 12.5 Å². The number of hydrogen-bond donors (Lipinski definition) is 1. The predicted molar refractivity (Wildman–Crippen MR) is 82.8 cm³/mol. The predicted octanol–water partition coefficient (Wildman–Crippen LogP) is 2.43. The van der Waals surface area contributed by atoms with Crippen molar-refractivity contribution >= 4 is 5.97 Å². The molecule has 20 heavy (non-hydrogen) atoms. The van der Waals surface area contributed by atoms with Crippen molar-refractivity contribution in [2.24, 2.45) is 5.92 Å². The molecule has 4 heteroatoms. The highest BCUT2D eigenvalue weighted by atomic mass is 16.5. The molecule has 1 saturated carbocycles. The minimum atomic E-state index is -0.521.